The molecule has 1 heterocycles. The van der Waals surface area contributed by atoms with Gasteiger partial charge in [0.1, 0.15) is 0 Å². The van der Waals surface area contributed by atoms with Crippen LogP contribution in [-0.4, -0.2) is 42.4 Å². The summed E-state index contributed by atoms with van der Waals surface area (Å²) in [6, 6.07) is 7.82. The molecule has 1 aromatic rings. The first kappa shape index (κ1) is 11.0. The van der Waals surface area contributed by atoms with Gasteiger partial charge in [-0.25, -0.2) is 0 Å². The molecule has 16 heavy (non-hydrogen) atoms. The molecule has 1 fully saturated rings. The molecule has 2 N–H and O–H groups in total. The van der Waals surface area contributed by atoms with Gasteiger partial charge in [-0.1, -0.05) is 12.1 Å². The van der Waals surface area contributed by atoms with Crippen molar-refractivity contribution in [2.75, 3.05) is 32.4 Å². The number of amides is 1. The minimum Gasteiger partial charge on any atom is -0.399 e. The Bertz CT molecular complexity index is 392. The first-order chi connectivity index (χ1) is 7.65. The Morgan fingerprint density at radius 3 is 2.88 bits per heavy atom. The van der Waals surface area contributed by atoms with E-state index in [1.165, 1.54) is 0 Å². The van der Waals surface area contributed by atoms with Crippen LogP contribution in [0.4, 0.5) is 5.69 Å². The molecular weight excluding hydrogens is 202 g/mol. The van der Waals surface area contributed by atoms with Crippen molar-refractivity contribution < 1.29 is 4.79 Å². The van der Waals surface area contributed by atoms with Crippen LogP contribution in [0.15, 0.2) is 24.3 Å². The Kier molecular flexibility index (Phi) is 3.10. The van der Waals surface area contributed by atoms with Crippen LogP contribution < -0.4 is 5.73 Å². The van der Waals surface area contributed by atoms with Crippen LogP contribution in [0, 0.1) is 0 Å². The molecule has 0 unspecified atom stereocenters. The monoisotopic (exact) mass is 219 g/mol. The Morgan fingerprint density at radius 2 is 2.19 bits per heavy atom. The van der Waals surface area contributed by atoms with E-state index in [9.17, 15) is 4.79 Å². The zero-order valence-corrected chi connectivity index (χ0v) is 9.52. The predicted molar refractivity (Wildman–Crippen MR) is 63.8 cm³/mol. The van der Waals surface area contributed by atoms with Gasteiger partial charge in [-0.2, -0.15) is 0 Å². The van der Waals surface area contributed by atoms with E-state index in [1.807, 2.05) is 31.3 Å². The largest absolute Gasteiger partial charge is 0.399 e. The second-order valence-electron chi connectivity index (χ2n) is 4.27. The lowest BCUT2D eigenvalue weighted by molar-refractivity contribution is -0.134. The van der Waals surface area contributed by atoms with Gasteiger partial charge in [0.2, 0.25) is 5.91 Å². The van der Waals surface area contributed by atoms with Gasteiger partial charge < -0.3 is 10.6 Å². The minimum absolute atomic E-state index is 0.190. The van der Waals surface area contributed by atoms with Gasteiger partial charge >= 0.3 is 0 Å². The maximum Gasteiger partial charge on any atom is 0.236 e. The zero-order chi connectivity index (χ0) is 11.5. The fourth-order valence-corrected chi connectivity index (χ4v) is 1.89. The molecule has 0 bridgehead atoms. The molecule has 4 heteroatoms. The molecule has 1 aliphatic heterocycles. The van der Waals surface area contributed by atoms with Crippen LogP contribution in [0.25, 0.3) is 0 Å². The SMILES string of the molecule is CN1CCN(Cc2cccc(N)c2)CC1=O. The molecule has 1 aliphatic rings. The smallest absolute Gasteiger partial charge is 0.236 e. The molecule has 4 nitrogen and oxygen atoms in total. The third-order valence-electron chi connectivity index (χ3n) is 2.89. The number of likely N-dealkylation sites (N-methyl/N-ethyl adjacent to an activating group) is 1. The molecule has 1 amide bonds. The van der Waals surface area contributed by atoms with Crippen molar-refractivity contribution >= 4 is 11.6 Å². The third-order valence-corrected chi connectivity index (χ3v) is 2.89. The number of anilines is 1. The highest BCUT2D eigenvalue weighted by Gasteiger charge is 2.20. The van der Waals surface area contributed by atoms with Crippen molar-refractivity contribution in [2.45, 2.75) is 6.54 Å². The van der Waals surface area contributed by atoms with E-state index >= 15 is 0 Å². The summed E-state index contributed by atoms with van der Waals surface area (Å²) in [5.41, 5.74) is 7.66. The standard InChI is InChI=1S/C12H17N3O/c1-14-5-6-15(9-12(14)16)8-10-3-2-4-11(13)7-10/h2-4,7H,5-6,8-9,13H2,1H3. The Balaban J connectivity index is 1.98. The molecule has 0 atom stereocenters. The topological polar surface area (TPSA) is 49.6 Å². The van der Waals surface area contributed by atoms with Gasteiger partial charge in [0.25, 0.3) is 0 Å². The second kappa shape index (κ2) is 4.53. The average molecular weight is 219 g/mol. The number of carbonyl (C=O) groups excluding carboxylic acids is 1. The Hall–Kier alpha value is -1.55. The lowest BCUT2D eigenvalue weighted by atomic mass is 10.2. The van der Waals surface area contributed by atoms with Crippen molar-refractivity contribution in [3.05, 3.63) is 29.8 Å². The van der Waals surface area contributed by atoms with E-state index < -0.39 is 0 Å². The second-order valence-corrected chi connectivity index (χ2v) is 4.27. The normalized spacial score (nSPS) is 17.8. The van der Waals surface area contributed by atoms with Gasteiger partial charge in [0, 0.05) is 32.4 Å². The van der Waals surface area contributed by atoms with Gasteiger partial charge in [0.15, 0.2) is 0 Å². The molecule has 1 saturated heterocycles. The number of nitrogens with two attached hydrogens (primary N) is 1. The number of carbonyl (C=O) groups is 1. The number of piperazine rings is 1. The summed E-state index contributed by atoms with van der Waals surface area (Å²) in [7, 11) is 1.85. The summed E-state index contributed by atoms with van der Waals surface area (Å²) in [4.78, 5) is 15.4. The van der Waals surface area contributed by atoms with Crippen molar-refractivity contribution in [2.24, 2.45) is 0 Å². The number of hydrogen-bond acceptors (Lipinski definition) is 3. The van der Waals surface area contributed by atoms with Gasteiger partial charge in [0.05, 0.1) is 6.54 Å². The van der Waals surface area contributed by atoms with Crippen LogP contribution >= 0.6 is 0 Å². The van der Waals surface area contributed by atoms with Gasteiger partial charge in [-0.15, -0.1) is 0 Å². The van der Waals surface area contributed by atoms with Crippen LogP contribution in [0.3, 0.4) is 0 Å². The third kappa shape index (κ3) is 2.52. The number of rotatable bonds is 2. The highest BCUT2D eigenvalue weighted by molar-refractivity contribution is 5.78. The summed E-state index contributed by atoms with van der Waals surface area (Å²) in [5, 5.41) is 0. The molecule has 0 aromatic heterocycles. The first-order valence-corrected chi connectivity index (χ1v) is 5.46. The van der Waals surface area contributed by atoms with E-state index in [1.54, 1.807) is 4.90 Å². The number of hydrogen-bond donors (Lipinski definition) is 1. The molecule has 2 rings (SSSR count). The van der Waals surface area contributed by atoms with E-state index in [4.69, 9.17) is 5.73 Å². The summed E-state index contributed by atoms with van der Waals surface area (Å²) in [6.07, 6.45) is 0. The fraction of sp³-hybridized carbons (Fsp3) is 0.417. The summed E-state index contributed by atoms with van der Waals surface area (Å²) < 4.78 is 0. The van der Waals surface area contributed by atoms with Crippen LogP contribution in [-0.2, 0) is 11.3 Å². The van der Waals surface area contributed by atoms with Gasteiger partial charge in [-0.05, 0) is 17.7 Å². The Labute approximate surface area is 95.6 Å². The number of nitrogens with zero attached hydrogens (tertiary/aromatic N) is 2. The highest BCUT2D eigenvalue weighted by Crippen LogP contribution is 2.11. The van der Waals surface area contributed by atoms with Gasteiger partial charge in [-0.3, -0.25) is 9.69 Å². The van der Waals surface area contributed by atoms with Crippen molar-refractivity contribution in [3.8, 4) is 0 Å². The maximum atomic E-state index is 11.5. The Morgan fingerprint density at radius 1 is 1.38 bits per heavy atom. The number of nitrogen functional groups attached to an aromatic ring is 1. The molecule has 0 spiro atoms. The van der Waals surface area contributed by atoms with Crippen molar-refractivity contribution in [1.82, 2.24) is 9.80 Å². The highest BCUT2D eigenvalue weighted by atomic mass is 16.2. The van der Waals surface area contributed by atoms with E-state index in [-0.39, 0.29) is 5.91 Å². The first-order valence-electron chi connectivity index (χ1n) is 5.46. The molecule has 0 aliphatic carbocycles. The average Bonchev–Trinajstić information content (AvgIpc) is 2.24. The molecular formula is C12H17N3O. The van der Waals surface area contributed by atoms with Crippen LogP contribution in [0.5, 0.6) is 0 Å². The van der Waals surface area contributed by atoms with E-state index in [0.29, 0.717) is 6.54 Å². The van der Waals surface area contributed by atoms with E-state index in [2.05, 4.69) is 4.90 Å². The predicted octanol–water partition coefficient (Wildman–Crippen LogP) is 0.543. The summed E-state index contributed by atoms with van der Waals surface area (Å²) >= 11 is 0. The quantitative estimate of drug-likeness (QED) is 0.739. The zero-order valence-electron chi connectivity index (χ0n) is 9.52. The summed E-state index contributed by atoms with van der Waals surface area (Å²) in [6.45, 7) is 3.04. The molecule has 86 valence electrons. The lowest BCUT2D eigenvalue weighted by Gasteiger charge is -2.31. The minimum atomic E-state index is 0.190. The molecule has 0 radical (unpaired) electrons. The fourth-order valence-electron chi connectivity index (χ4n) is 1.89. The molecule has 0 saturated carbocycles. The van der Waals surface area contributed by atoms with Crippen LogP contribution in [0.2, 0.25) is 0 Å². The van der Waals surface area contributed by atoms with Crippen LogP contribution in [0.1, 0.15) is 5.56 Å². The lowest BCUT2D eigenvalue weighted by Crippen LogP contribution is -2.47. The molecule has 1 aromatic carbocycles. The van der Waals surface area contributed by atoms with E-state index in [0.717, 1.165) is 30.9 Å². The number of benzene rings is 1. The maximum absolute atomic E-state index is 11.5. The summed E-state index contributed by atoms with van der Waals surface area (Å²) in [5.74, 6) is 0.190. The van der Waals surface area contributed by atoms with Crippen molar-refractivity contribution in [1.29, 1.82) is 0 Å². The van der Waals surface area contributed by atoms with Crippen molar-refractivity contribution in [3.63, 3.8) is 0 Å².